The standard InChI is InChI=1S/C4H10N3.Co.3N3/c5-1-3-7-4-2-6;;3*1-3-2/h5-6H,1-4H2;;;;/q-3;+3;3*-1. The van der Waals surface area contributed by atoms with Crippen LogP contribution in [0, 0.1) is 0 Å². The smallest absolute Gasteiger partial charge is 0.679 e. The monoisotopic (exact) mass is 285 g/mol. The summed E-state index contributed by atoms with van der Waals surface area (Å²) in [5, 5.41) is 3.83. The Morgan fingerprint density at radius 2 is 0.882 bits per heavy atom. The molecule has 0 aromatic rings. The molecule has 0 radical (unpaired) electrons. The van der Waals surface area contributed by atoms with Crippen molar-refractivity contribution in [3.05, 3.63) is 64.7 Å². The molecule has 0 aliphatic heterocycles. The molecule has 0 atom stereocenters. The summed E-state index contributed by atoms with van der Waals surface area (Å²) in [5.41, 5.74) is 53.8. The van der Waals surface area contributed by atoms with Crippen molar-refractivity contribution in [3.63, 3.8) is 0 Å². The number of nitrogens with one attached hydrogen (secondary N) is 2. The van der Waals surface area contributed by atoms with Gasteiger partial charge >= 0.3 is 16.8 Å². The van der Waals surface area contributed by atoms with Gasteiger partial charge < -0.3 is 50.0 Å². The van der Waals surface area contributed by atoms with Crippen molar-refractivity contribution in [3.8, 4) is 0 Å². The Labute approximate surface area is 108 Å². The minimum absolute atomic E-state index is 0. The first-order chi connectivity index (χ1) is 7.66. The Kier molecular flexibility index (Phi) is 110. The van der Waals surface area contributed by atoms with Gasteiger partial charge in [0.1, 0.15) is 0 Å². The van der Waals surface area contributed by atoms with E-state index in [9.17, 15) is 0 Å². The van der Waals surface area contributed by atoms with Crippen LogP contribution in [-0.2, 0) is 16.8 Å². The molecule has 2 N–H and O–H groups in total. The zero-order valence-electron chi connectivity index (χ0n) is 8.63. The molecule has 0 fully saturated rings. The fourth-order valence-corrected chi connectivity index (χ4v) is 0.270. The second kappa shape index (κ2) is 63.6. The van der Waals surface area contributed by atoms with Gasteiger partial charge in [-0.1, -0.05) is 0 Å². The van der Waals surface area contributed by atoms with E-state index in [-0.39, 0.29) is 16.8 Å². The summed E-state index contributed by atoms with van der Waals surface area (Å²) in [6, 6.07) is 0. The van der Waals surface area contributed by atoms with Crippen LogP contribution in [-0.4, -0.2) is 26.2 Å². The SMILES string of the molecule is [Co+3].[N-]=[N+]=[N-].[N-]=[N+]=[N-].[N-]=[N+]=[N-].[NH-]CC[N-]CC[NH-]. The summed E-state index contributed by atoms with van der Waals surface area (Å²) in [7, 11) is 0. The van der Waals surface area contributed by atoms with Gasteiger partial charge in [-0.05, 0) is 0 Å². The molecule has 13 heteroatoms. The van der Waals surface area contributed by atoms with E-state index < -0.39 is 0 Å². The summed E-state index contributed by atoms with van der Waals surface area (Å²) >= 11 is 0. The Morgan fingerprint density at radius 1 is 0.706 bits per heavy atom. The molecule has 0 saturated carbocycles. The third-order valence-electron chi connectivity index (χ3n) is 0.540. The third kappa shape index (κ3) is 405. The zero-order chi connectivity index (χ0) is 13.7. The molecule has 0 aliphatic rings. The van der Waals surface area contributed by atoms with E-state index in [1.165, 1.54) is 14.7 Å². The molecule has 0 spiro atoms. The van der Waals surface area contributed by atoms with Gasteiger partial charge in [0.15, 0.2) is 0 Å². The molecule has 98 valence electrons. The molecular weight excluding hydrogens is 275 g/mol. The Hall–Kier alpha value is -1.68. The van der Waals surface area contributed by atoms with Gasteiger partial charge in [0, 0.05) is 0 Å². The average molecular weight is 285 g/mol. The largest absolute Gasteiger partial charge is 3.00 e. The number of hydrogen-bond acceptors (Lipinski definition) is 0. The number of rotatable bonds is 4. The molecule has 0 aromatic heterocycles. The van der Waals surface area contributed by atoms with Gasteiger partial charge in [0.2, 0.25) is 0 Å². The minimum Gasteiger partial charge on any atom is -0.679 e. The van der Waals surface area contributed by atoms with E-state index in [1.807, 2.05) is 0 Å². The third-order valence-corrected chi connectivity index (χ3v) is 0.540. The fraction of sp³-hybridized carbons (Fsp3) is 1.00. The minimum atomic E-state index is 0. The van der Waals surface area contributed by atoms with E-state index in [1.54, 1.807) is 0 Å². The van der Waals surface area contributed by atoms with Crippen molar-refractivity contribution in [2.24, 2.45) is 0 Å². The summed E-state index contributed by atoms with van der Waals surface area (Å²) in [6.45, 7) is 1.91. The molecule has 0 aromatic carbocycles. The van der Waals surface area contributed by atoms with E-state index >= 15 is 0 Å². The Morgan fingerprint density at radius 3 is 1.00 bits per heavy atom. The molecule has 12 nitrogen and oxygen atoms in total. The molecule has 0 unspecified atom stereocenters. The van der Waals surface area contributed by atoms with Crippen LogP contribution in [0.15, 0.2) is 0 Å². The Balaban J connectivity index is -0.0000000411. The second-order valence-electron chi connectivity index (χ2n) is 1.44. The van der Waals surface area contributed by atoms with Crippen molar-refractivity contribution in [2.45, 2.75) is 0 Å². The molecule has 0 heterocycles. The first-order valence-electron chi connectivity index (χ1n) is 3.54. The first-order valence-corrected chi connectivity index (χ1v) is 3.54. The van der Waals surface area contributed by atoms with Crippen molar-refractivity contribution >= 4 is 0 Å². The van der Waals surface area contributed by atoms with Crippen LogP contribution < -0.4 is 0 Å². The van der Waals surface area contributed by atoms with Crippen LogP contribution in [0.4, 0.5) is 0 Å². The number of nitrogens with zero attached hydrogens (tertiary/aromatic N) is 10. The summed E-state index contributed by atoms with van der Waals surface area (Å²) in [6.07, 6.45) is 0. The van der Waals surface area contributed by atoms with Gasteiger partial charge in [0.05, 0.1) is 0 Å². The maximum atomic E-state index is 6.75. The van der Waals surface area contributed by atoms with Gasteiger partial charge in [-0.15, -0.1) is 0 Å². The predicted octanol–water partition coefficient (Wildman–Crippen LogP) is 4.06. The second-order valence-corrected chi connectivity index (χ2v) is 1.44. The van der Waals surface area contributed by atoms with Crippen LogP contribution in [0.2, 0.25) is 0 Å². The first kappa shape index (κ1) is 29.5. The molecular formula is C4H10CoN12-3. The maximum absolute atomic E-state index is 6.75. The molecule has 17 heavy (non-hydrogen) atoms. The molecule has 0 amide bonds. The van der Waals surface area contributed by atoms with Gasteiger partial charge in [-0.25, -0.2) is 0 Å². The van der Waals surface area contributed by atoms with Crippen molar-refractivity contribution in [1.82, 2.24) is 0 Å². The summed E-state index contributed by atoms with van der Waals surface area (Å²) < 4.78 is 0. The molecule has 0 saturated heterocycles. The fourth-order valence-electron chi connectivity index (χ4n) is 0.270. The molecule has 0 aliphatic carbocycles. The number of hydrogen-bond donors (Lipinski definition) is 0. The topological polar surface area (TPSA) is 238 Å². The van der Waals surface area contributed by atoms with E-state index in [2.05, 4.69) is 5.32 Å². The van der Waals surface area contributed by atoms with Crippen molar-refractivity contribution in [2.75, 3.05) is 26.2 Å². The molecule has 0 rings (SSSR count). The van der Waals surface area contributed by atoms with E-state index in [0.29, 0.717) is 26.2 Å². The molecule has 0 bridgehead atoms. The zero-order valence-corrected chi connectivity index (χ0v) is 9.67. The van der Waals surface area contributed by atoms with Gasteiger partial charge in [0.25, 0.3) is 0 Å². The summed E-state index contributed by atoms with van der Waals surface area (Å²) in [4.78, 5) is 4.50. The van der Waals surface area contributed by atoms with Crippen LogP contribution in [0.5, 0.6) is 0 Å². The van der Waals surface area contributed by atoms with Crippen LogP contribution >= 0.6 is 0 Å². The van der Waals surface area contributed by atoms with Crippen molar-refractivity contribution < 1.29 is 16.8 Å². The quantitative estimate of drug-likeness (QED) is 0.307. The normalized spacial score (nSPS) is 5.29. The average Bonchev–Trinajstić information content (AvgIpc) is 2.22. The van der Waals surface area contributed by atoms with Crippen molar-refractivity contribution in [1.29, 1.82) is 0 Å². The van der Waals surface area contributed by atoms with E-state index in [4.69, 9.17) is 44.7 Å². The maximum Gasteiger partial charge on any atom is 3.00 e. The Bertz CT molecular complexity index is 164. The van der Waals surface area contributed by atoms with Crippen LogP contribution in [0.1, 0.15) is 0 Å². The van der Waals surface area contributed by atoms with Gasteiger partial charge in [-0.2, -0.15) is 26.2 Å². The van der Waals surface area contributed by atoms with Crippen LogP contribution in [0.25, 0.3) is 64.7 Å². The van der Waals surface area contributed by atoms with E-state index in [0.717, 1.165) is 0 Å². The predicted molar refractivity (Wildman–Crippen MR) is 61.7 cm³/mol. The van der Waals surface area contributed by atoms with Gasteiger partial charge in [-0.3, -0.25) is 14.7 Å². The summed E-state index contributed by atoms with van der Waals surface area (Å²) in [5.74, 6) is 0. The van der Waals surface area contributed by atoms with Crippen LogP contribution in [0.3, 0.4) is 0 Å².